The topological polar surface area (TPSA) is 40.2 Å². The number of anilines is 10. The Kier molecular flexibility index (Phi) is 11.3. The molecule has 0 spiro atoms. The molecule has 0 bridgehead atoms. The summed E-state index contributed by atoms with van der Waals surface area (Å²) in [6, 6.07) is 90.4. The lowest BCUT2D eigenvalue weighted by atomic mass is 9.31. The number of fused-ring (bicyclic) bond motifs is 16. The molecule has 6 aliphatic rings. The van der Waals surface area contributed by atoms with Gasteiger partial charge in [-0.25, -0.2) is 0 Å². The molecular weight excluding hydrogens is 1180 g/mol. The van der Waals surface area contributed by atoms with Crippen molar-refractivity contribution in [2.45, 2.75) is 20.8 Å². The first-order chi connectivity index (χ1) is 45.3. The first-order valence-corrected chi connectivity index (χ1v) is 34.4. The molecule has 0 saturated heterocycles. The highest BCUT2D eigenvalue weighted by atomic mass is 32.2. The summed E-state index contributed by atoms with van der Waals surface area (Å²) in [5.41, 5.74) is 30.7. The molecule has 20 rings (SSSR count). The minimum atomic E-state index is -0.247. The van der Waals surface area contributed by atoms with Gasteiger partial charge in [0.05, 0.1) is 22.7 Å². The summed E-state index contributed by atoms with van der Waals surface area (Å²) >= 11 is 5.62. The molecule has 432 valence electrons. The quantitative estimate of drug-likeness (QED) is 0.131. The Labute approximate surface area is 547 Å². The van der Waals surface area contributed by atoms with Crippen LogP contribution >= 0.6 is 34.6 Å². The molecule has 14 aromatic rings. The van der Waals surface area contributed by atoms with Gasteiger partial charge in [0.2, 0.25) is 0 Å². The van der Waals surface area contributed by atoms with Gasteiger partial charge in [0.25, 0.3) is 20.1 Å². The average Bonchev–Trinajstić information content (AvgIpc) is 1.17. The molecule has 2 aromatic heterocycles. The number of hydrogen-bond acceptors (Lipinski definition) is 9. The summed E-state index contributed by atoms with van der Waals surface area (Å²) in [4.78, 5) is 5.11. The molecule has 12 aromatic carbocycles. The molecule has 1 N–H and O–H groups in total. The van der Waals surface area contributed by atoms with Crippen LogP contribution in [-0.4, -0.2) is 26.4 Å². The fraction of sp³-hybridized carbons (Fsp3) is 0.0500. The van der Waals surface area contributed by atoms with E-state index >= 15 is 0 Å². The van der Waals surface area contributed by atoms with Crippen molar-refractivity contribution in [3.63, 3.8) is 0 Å². The van der Waals surface area contributed by atoms with Crippen LogP contribution in [0.25, 0.3) is 53.6 Å². The minimum Gasteiger partial charge on any atom is -0.458 e. The van der Waals surface area contributed by atoms with Crippen molar-refractivity contribution < 1.29 is 9.47 Å². The summed E-state index contributed by atoms with van der Waals surface area (Å²) in [7, 11) is 0. The number of aryl methyl sites for hydroxylation is 3. The van der Waals surface area contributed by atoms with Crippen molar-refractivity contribution in [3.05, 3.63) is 259 Å². The summed E-state index contributed by atoms with van der Waals surface area (Å²) in [5, 5.41) is 6.65. The summed E-state index contributed by atoms with van der Waals surface area (Å²) in [6.07, 6.45) is 2.22. The highest BCUT2D eigenvalue weighted by molar-refractivity contribution is 8.00. The number of hydrogen-bond donors (Lipinski definition) is 1. The molecule has 0 saturated carbocycles. The first kappa shape index (κ1) is 52.7. The number of para-hydroxylation sites is 2. The second kappa shape index (κ2) is 19.7. The zero-order valence-corrected chi connectivity index (χ0v) is 53.2. The lowest BCUT2D eigenvalue weighted by Gasteiger charge is -2.43. The van der Waals surface area contributed by atoms with E-state index in [9.17, 15) is 0 Å². The van der Waals surface area contributed by atoms with Crippen molar-refractivity contribution in [3.8, 4) is 56.4 Å². The van der Waals surface area contributed by atoms with E-state index in [1.165, 1.54) is 119 Å². The van der Waals surface area contributed by atoms with E-state index in [0.29, 0.717) is 0 Å². The van der Waals surface area contributed by atoms with Crippen LogP contribution in [0, 0.1) is 20.8 Å². The Hall–Kier alpha value is -10.1. The van der Waals surface area contributed by atoms with Gasteiger partial charge in [-0.2, -0.15) is 0 Å². The molecule has 0 aliphatic carbocycles. The molecule has 0 fully saturated rings. The third kappa shape index (κ3) is 7.42. The number of ether oxygens (including phenoxy) is 2. The summed E-state index contributed by atoms with van der Waals surface area (Å²) in [5.74, 6) is 3.33. The second-order valence-corrected chi connectivity index (χ2v) is 28.1. The number of rotatable bonds is 6. The monoisotopic (exact) mass is 1230 g/mol. The molecule has 92 heavy (non-hydrogen) atoms. The van der Waals surface area contributed by atoms with Gasteiger partial charge >= 0.3 is 0 Å². The van der Waals surface area contributed by atoms with E-state index in [2.05, 4.69) is 289 Å². The van der Waals surface area contributed by atoms with Crippen molar-refractivity contribution in [2.75, 3.05) is 25.7 Å². The Morgan fingerprint density at radius 3 is 1.38 bits per heavy atom. The van der Waals surface area contributed by atoms with E-state index < -0.39 is 0 Å². The van der Waals surface area contributed by atoms with Gasteiger partial charge in [-0.3, -0.25) is 4.31 Å². The maximum atomic E-state index is 7.57. The van der Waals surface area contributed by atoms with Gasteiger partial charge in [0.1, 0.15) is 23.0 Å². The number of nitrogens with one attached hydrogen (secondary N) is 1. The van der Waals surface area contributed by atoms with Crippen molar-refractivity contribution in [1.82, 2.24) is 0 Å². The van der Waals surface area contributed by atoms with Gasteiger partial charge in [0, 0.05) is 87.7 Å². The predicted molar refractivity (Wildman–Crippen MR) is 396 cm³/mol. The lowest BCUT2D eigenvalue weighted by Crippen LogP contribution is -2.64. The molecule has 0 unspecified atom stereocenters. The molecule has 6 aliphatic heterocycles. The number of thiophene rings is 2. The number of benzene rings is 12. The van der Waals surface area contributed by atoms with Crippen molar-refractivity contribution in [1.29, 1.82) is 0 Å². The standard InChI is InChI=1S/C80H53B3N4O2S3/c1-45-21-11-14-28-53(45)48-35-63-74-65(36-48)85(51-24-7-5-8-25-51)77-56-31-17-19-33-72(56)91-79(77)82(74)58-41-60-68(43-62(58)84-63)88-70-39-50(55-30-16-13-23-47(55)3)40-71-76(70)81(60)61-42-59-64(44-69(61)89-71)87(90-4)67-38-49(54-29-15-12-22-46(54)2)37-66-75(67)83(59)80-78(57-32-18-20-34-73(57)92-80)86(66)52-26-9-6-10-27-52/h5-44,84H,1-4H3. The van der Waals surface area contributed by atoms with Gasteiger partial charge in [-0.15, -0.1) is 22.7 Å². The third-order valence-corrected chi connectivity index (χ3v) is 23.4. The van der Waals surface area contributed by atoms with E-state index in [1.807, 2.05) is 22.7 Å². The van der Waals surface area contributed by atoms with Crippen LogP contribution in [-0.2, 0) is 0 Å². The van der Waals surface area contributed by atoms with E-state index in [0.717, 1.165) is 79.0 Å². The second-order valence-electron chi connectivity index (χ2n) is 25.2. The number of nitrogens with zero attached hydrogens (tertiary/aromatic N) is 3. The van der Waals surface area contributed by atoms with Crippen LogP contribution in [0.1, 0.15) is 16.7 Å². The van der Waals surface area contributed by atoms with Gasteiger partial charge in [-0.05, 0) is 188 Å². The predicted octanol–water partition coefficient (Wildman–Crippen LogP) is 16.2. The van der Waals surface area contributed by atoms with E-state index in [-0.39, 0.29) is 20.1 Å². The van der Waals surface area contributed by atoms with Crippen LogP contribution in [0.15, 0.2) is 243 Å². The minimum absolute atomic E-state index is 0.0946. The maximum Gasteiger partial charge on any atom is 0.264 e. The summed E-state index contributed by atoms with van der Waals surface area (Å²) < 4.78 is 22.8. The van der Waals surface area contributed by atoms with Crippen LogP contribution in [0.4, 0.5) is 56.9 Å². The smallest absolute Gasteiger partial charge is 0.264 e. The highest BCUT2D eigenvalue weighted by Crippen LogP contribution is 2.52. The summed E-state index contributed by atoms with van der Waals surface area (Å²) in [6.45, 7) is 6.21. The highest BCUT2D eigenvalue weighted by Gasteiger charge is 2.50. The zero-order chi connectivity index (χ0) is 60.8. The zero-order valence-electron chi connectivity index (χ0n) is 50.7. The largest absolute Gasteiger partial charge is 0.458 e. The van der Waals surface area contributed by atoms with E-state index in [1.54, 1.807) is 11.9 Å². The Balaban J connectivity index is 0.847. The normalized spacial score (nSPS) is 13.8. The Morgan fingerprint density at radius 1 is 0.370 bits per heavy atom. The molecule has 8 heterocycles. The average molecular weight is 1230 g/mol. The van der Waals surface area contributed by atoms with Crippen LogP contribution in [0.2, 0.25) is 0 Å². The Bertz CT molecular complexity index is 5550. The van der Waals surface area contributed by atoms with Gasteiger partial charge in [-0.1, -0.05) is 158 Å². The van der Waals surface area contributed by atoms with Gasteiger partial charge < -0.3 is 24.6 Å². The third-order valence-electron chi connectivity index (χ3n) is 20.2. The van der Waals surface area contributed by atoms with Crippen LogP contribution in [0.3, 0.4) is 0 Å². The lowest BCUT2D eigenvalue weighted by molar-refractivity contribution is 0.465. The van der Waals surface area contributed by atoms with Crippen molar-refractivity contribution >= 4 is 180 Å². The Morgan fingerprint density at radius 2 is 0.826 bits per heavy atom. The molecule has 0 amide bonds. The molecular formula is C80H53B3N4O2S3. The SMILES string of the molecule is CSN1c2cc3c(cc2B2c4sc5ccccc5c4N(c4ccccc4)c4cc(-c5ccccc5C)cc1c42)B1c2cc4c(cc2Oc2cc(-c5ccccc5C)cc(c21)O3)Nc1cc(-c2ccccc2C)cc2c1B4c1sc3ccccc3c1N2c1ccccc1. The van der Waals surface area contributed by atoms with Crippen LogP contribution in [0.5, 0.6) is 23.0 Å². The van der Waals surface area contributed by atoms with Gasteiger partial charge in [0.15, 0.2) is 0 Å². The van der Waals surface area contributed by atoms with Crippen LogP contribution < -0.4 is 76.7 Å². The maximum absolute atomic E-state index is 7.57. The van der Waals surface area contributed by atoms with E-state index in [4.69, 9.17) is 9.47 Å². The molecule has 6 nitrogen and oxygen atoms in total. The molecule has 12 heteroatoms. The first-order valence-electron chi connectivity index (χ1n) is 31.6. The van der Waals surface area contributed by atoms with Crippen molar-refractivity contribution in [2.24, 2.45) is 0 Å². The fourth-order valence-corrected chi connectivity index (χ4v) is 19.6. The molecule has 0 radical (unpaired) electrons. The fourth-order valence-electron chi connectivity index (χ4n) is 16.2. The molecule has 0 atom stereocenters.